The van der Waals surface area contributed by atoms with E-state index < -0.39 is 0 Å². The summed E-state index contributed by atoms with van der Waals surface area (Å²) in [6, 6.07) is 9.49. The van der Waals surface area contributed by atoms with Gasteiger partial charge in [-0.1, -0.05) is 80.4 Å². The molecule has 0 aliphatic heterocycles. The summed E-state index contributed by atoms with van der Waals surface area (Å²) >= 11 is 0. The molecule has 1 aromatic carbocycles. The van der Waals surface area contributed by atoms with Crippen molar-refractivity contribution in [1.82, 2.24) is 4.90 Å². The Bertz CT molecular complexity index is 710. The van der Waals surface area contributed by atoms with Crippen molar-refractivity contribution in [3.63, 3.8) is 0 Å². The summed E-state index contributed by atoms with van der Waals surface area (Å²) in [5, 5.41) is 10.2. The van der Waals surface area contributed by atoms with E-state index in [0.717, 1.165) is 41.9 Å². The Balaban J connectivity index is 1.96. The first-order chi connectivity index (χ1) is 16.1. The van der Waals surface area contributed by atoms with E-state index in [1.165, 1.54) is 50.6 Å². The second kappa shape index (κ2) is 12.3. The number of hydrogen-bond donors (Lipinski definition) is 1. The monoisotopic (exact) mass is 469 g/mol. The van der Waals surface area contributed by atoms with Crippen LogP contribution in [0.2, 0.25) is 0 Å². The third-order valence-electron chi connectivity index (χ3n) is 9.75. The number of benzene rings is 1. The molecular formula is C32H55NO. The van der Waals surface area contributed by atoms with E-state index in [1.807, 2.05) is 12.1 Å². The maximum Gasteiger partial charge on any atom is 0.115 e. The topological polar surface area (TPSA) is 23.5 Å². The van der Waals surface area contributed by atoms with Crippen LogP contribution in [0.1, 0.15) is 112 Å². The van der Waals surface area contributed by atoms with E-state index >= 15 is 0 Å². The number of phenolic OH excluding ortho intramolecular Hbond substituents is 1. The van der Waals surface area contributed by atoms with Gasteiger partial charge >= 0.3 is 0 Å². The van der Waals surface area contributed by atoms with Gasteiger partial charge in [-0.15, -0.1) is 0 Å². The Kier molecular flexibility index (Phi) is 9.96. The Hall–Kier alpha value is -1.02. The lowest BCUT2D eigenvalue weighted by atomic mass is 9.69. The molecule has 0 spiro atoms. The van der Waals surface area contributed by atoms with Crippen molar-refractivity contribution < 1.29 is 5.11 Å². The van der Waals surface area contributed by atoms with Gasteiger partial charge in [0.1, 0.15) is 5.75 Å². The molecule has 0 bridgehead atoms. The van der Waals surface area contributed by atoms with Crippen LogP contribution < -0.4 is 0 Å². The molecule has 0 amide bonds. The summed E-state index contributed by atoms with van der Waals surface area (Å²) in [5.74, 6) is 6.27. The summed E-state index contributed by atoms with van der Waals surface area (Å²) in [4.78, 5) is 3.08. The number of phenols is 1. The van der Waals surface area contributed by atoms with Gasteiger partial charge in [-0.25, -0.2) is 0 Å². The minimum Gasteiger partial charge on any atom is -0.508 e. The van der Waals surface area contributed by atoms with E-state index in [9.17, 15) is 5.11 Å². The first-order valence-corrected chi connectivity index (χ1v) is 14.7. The van der Waals surface area contributed by atoms with Crippen LogP contribution >= 0.6 is 0 Å². The summed E-state index contributed by atoms with van der Waals surface area (Å²) < 4.78 is 0. The van der Waals surface area contributed by atoms with Crippen LogP contribution in [-0.4, -0.2) is 28.6 Å². The number of rotatable bonds is 9. The van der Waals surface area contributed by atoms with E-state index in [2.05, 4.69) is 66.4 Å². The van der Waals surface area contributed by atoms with Crippen LogP contribution in [-0.2, 0) is 0 Å². The maximum atomic E-state index is 10.2. The van der Waals surface area contributed by atoms with Gasteiger partial charge in [0, 0.05) is 18.6 Å². The van der Waals surface area contributed by atoms with E-state index in [0.29, 0.717) is 29.7 Å². The lowest BCUT2D eigenvalue weighted by Gasteiger charge is -2.53. The molecular weight excluding hydrogens is 414 g/mol. The van der Waals surface area contributed by atoms with Gasteiger partial charge in [0.15, 0.2) is 0 Å². The van der Waals surface area contributed by atoms with Crippen LogP contribution in [0, 0.1) is 41.4 Å². The Morgan fingerprint density at radius 2 is 1.38 bits per heavy atom. The van der Waals surface area contributed by atoms with E-state index in [-0.39, 0.29) is 0 Å². The van der Waals surface area contributed by atoms with Gasteiger partial charge in [0.05, 0.1) is 0 Å². The first-order valence-electron chi connectivity index (χ1n) is 14.7. The number of nitrogens with zero attached hydrogens (tertiary/aromatic N) is 1. The minimum atomic E-state index is 0.405. The molecule has 2 aliphatic carbocycles. The zero-order valence-electron chi connectivity index (χ0n) is 23.6. The van der Waals surface area contributed by atoms with Gasteiger partial charge < -0.3 is 5.11 Å². The summed E-state index contributed by atoms with van der Waals surface area (Å²) in [7, 11) is 0. The molecule has 0 radical (unpaired) electrons. The molecule has 2 heteroatoms. The van der Waals surface area contributed by atoms with Crippen molar-refractivity contribution >= 4 is 0 Å². The van der Waals surface area contributed by atoms with Gasteiger partial charge in [0.2, 0.25) is 0 Å². The van der Waals surface area contributed by atoms with Crippen LogP contribution in [0.25, 0.3) is 0 Å². The molecule has 2 aliphatic rings. The normalized spacial score (nSPS) is 32.3. The van der Waals surface area contributed by atoms with Crippen molar-refractivity contribution in [1.29, 1.82) is 0 Å². The van der Waals surface area contributed by atoms with Crippen LogP contribution in [0.15, 0.2) is 24.3 Å². The molecule has 34 heavy (non-hydrogen) atoms. The zero-order chi connectivity index (χ0) is 25.0. The fraction of sp³-hybridized carbons (Fsp3) is 0.812. The molecule has 1 N–H and O–H groups in total. The second-order valence-corrected chi connectivity index (χ2v) is 13.1. The molecule has 0 aromatic heterocycles. The predicted octanol–water partition coefficient (Wildman–Crippen LogP) is 8.75. The predicted molar refractivity (Wildman–Crippen MR) is 147 cm³/mol. The summed E-state index contributed by atoms with van der Waals surface area (Å²) in [5.41, 5.74) is 1.31. The Morgan fingerprint density at radius 3 is 1.82 bits per heavy atom. The van der Waals surface area contributed by atoms with Crippen LogP contribution in [0.4, 0.5) is 0 Å². The van der Waals surface area contributed by atoms with Gasteiger partial charge in [0.25, 0.3) is 0 Å². The highest BCUT2D eigenvalue weighted by atomic mass is 16.3. The Morgan fingerprint density at radius 1 is 0.853 bits per heavy atom. The average Bonchev–Trinajstić information content (AvgIpc) is 2.77. The highest BCUT2D eigenvalue weighted by Crippen LogP contribution is 2.44. The SMILES string of the molecule is CC[C@@H](c1cccc(O)c1)[C@@H](C)CN(C1CC(C)CCC1C(C)C)C1CC(C)CCC1C(C)C. The van der Waals surface area contributed by atoms with Gasteiger partial charge in [-0.2, -0.15) is 0 Å². The molecule has 194 valence electrons. The van der Waals surface area contributed by atoms with Crippen molar-refractivity contribution in [2.24, 2.45) is 41.4 Å². The lowest BCUT2D eigenvalue weighted by molar-refractivity contribution is -0.0320. The lowest BCUT2D eigenvalue weighted by Crippen LogP contribution is -2.56. The van der Waals surface area contributed by atoms with Gasteiger partial charge in [-0.3, -0.25) is 4.90 Å². The highest BCUT2D eigenvalue weighted by Gasteiger charge is 2.43. The Labute approximate surface area is 211 Å². The summed E-state index contributed by atoms with van der Waals surface area (Å²) in [6.07, 6.45) is 9.46. The molecule has 2 saturated carbocycles. The maximum absolute atomic E-state index is 10.2. The molecule has 0 heterocycles. The van der Waals surface area contributed by atoms with Crippen molar-refractivity contribution in [2.75, 3.05) is 6.54 Å². The van der Waals surface area contributed by atoms with E-state index in [4.69, 9.17) is 0 Å². The first kappa shape index (κ1) is 27.6. The standard InChI is InChI=1S/C32H55NO/c1-9-28(26-11-10-12-27(34)19-26)25(8)20-33(31-17-23(6)13-15-29(31)21(2)3)32-18-24(7)14-16-30(32)22(4)5/h10-12,19,21-25,28-32,34H,9,13-18,20H2,1-8H3/t23?,24?,25-,28+,29?,30?,31?,32?/m0/s1. The molecule has 6 unspecified atom stereocenters. The average molecular weight is 470 g/mol. The molecule has 2 nitrogen and oxygen atoms in total. The van der Waals surface area contributed by atoms with Crippen molar-refractivity contribution in [3.05, 3.63) is 29.8 Å². The van der Waals surface area contributed by atoms with Crippen molar-refractivity contribution in [2.45, 2.75) is 118 Å². The zero-order valence-corrected chi connectivity index (χ0v) is 23.6. The van der Waals surface area contributed by atoms with Crippen molar-refractivity contribution in [3.8, 4) is 5.75 Å². The third kappa shape index (κ3) is 6.59. The number of aromatic hydroxyl groups is 1. The largest absolute Gasteiger partial charge is 0.508 e. The quantitative estimate of drug-likeness (QED) is 0.391. The van der Waals surface area contributed by atoms with Crippen LogP contribution in [0.5, 0.6) is 5.75 Å². The highest BCUT2D eigenvalue weighted by molar-refractivity contribution is 5.30. The summed E-state index contributed by atoms with van der Waals surface area (Å²) in [6.45, 7) is 20.9. The third-order valence-corrected chi connectivity index (χ3v) is 9.75. The minimum absolute atomic E-state index is 0.405. The van der Waals surface area contributed by atoms with E-state index in [1.54, 1.807) is 6.07 Å². The fourth-order valence-corrected chi connectivity index (χ4v) is 7.76. The molecule has 8 atom stereocenters. The van der Waals surface area contributed by atoms with Crippen LogP contribution in [0.3, 0.4) is 0 Å². The number of hydrogen-bond acceptors (Lipinski definition) is 2. The molecule has 0 saturated heterocycles. The smallest absolute Gasteiger partial charge is 0.115 e. The van der Waals surface area contributed by atoms with Gasteiger partial charge in [-0.05, 0) is 97.1 Å². The molecule has 2 fully saturated rings. The fourth-order valence-electron chi connectivity index (χ4n) is 7.76. The molecule has 3 rings (SSSR count). The molecule has 1 aromatic rings. The second-order valence-electron chi connectivity index (χ2n) is 13.1.